The molecule has 0 aromatic heterocycles. The fourth-order valence-electron chi connectivity index (χ4n) is 1.93. The molecular weight excluding hydrogens is 270 g/mol. The number of ether oxygens (including phenoxy) is 1. The van der Waals surface area contributed by atoms with E-state index in [1.807, 2.05) is 24.3 Å². The number of aliphatic carboxylic acids is 1. The van der Waals surface area contributed by atoms with Crippen molar-refractivity contribution >= 4 is 11.9 Å². The summed E-state index contributed by atoms with van der Waals surface area (Å²) in [6.45, 7) is 5.77. The number of carboxylic acid groups (broad SMARTS) is 1. The number of rotatable bonds is 7. The van der Waals surface area contributed by atoms with Crippen molar-refractivity contribution in [3.05, 3.63) is 29.8 Å². The Balaban J connectivity index is 2.59. The van der Waals surface area contributed by atoms with Crippen LogP contribution in [0.4, 0.5) is 0 Å². The molecule has 0 aliphatic carbocycles. The highest BCUT2D eigenvalue weighted by Gasteiger charge is 2.18. The van der Waals surface area contributed by atoms with E-state index in [0.717, 1.165) is 5.56 Å². The van der Waals surface area contributed by atoms with E-state index in [0.29, 0.717) is 11.7 Å². The molecule has 5 nitrogen and oxygen atoms in total. The van der Waals surface area contributed by atoms with Crippen LogP contribution in [0.2, 0.25) is 0 Å². The van der Waals surface area contributed by atoms with Crippen LogP contribution in [0.3, 0.4) is 0 Å². The zero-order valence-corrected chi connectivity index (χ0v) is 13.0. The topological polar surface area (TPSA) is 66.8 Å². The highest BCUT2D eigenvalue weighted by molar-refractivity contribution is 5.78. The van der Waals surface area contributed by atoms with Gasteiger partial charge in [0.1, 0.15) is 5.75 Å². The summed E-state index contributed by atoms with van der Waals surface area (Å²) in [5, 5.41) is 8.85. The standard InChI is InChI=1S/C16H23NO4/c1-11(2)13-7-5-6-8-14(13)21-10-15(18)17(4)9-12(3)16(19)20/h5-8,11-12H,9-10H2,1-4H3,(H,19,20). The quantitative estimate of drug-likeness (QED) is 0.838. The molecule has 0 radical (unpaired) electrons. The van der Waals surface area contributed by atoms with Crippen molar-refractivity contribution in [1.29, 1.82) is 0 Å². The molecule has 116 valence electrons. The number of nitrogens with zero attached hydrogens (tertiary/aromatic N) is 1. The van der Waals surface area contributed by atoms with E-state index in [2.05, 4.69) is 13.8 Å². The van der Waals surface area contributed by atoms with Gasteiger partial charge in [-0.25, -0.2) is 0 Å². The van der Waals surface area contributed by atoms with Crippen LogP contribution in [0.5, 0.6) is 5.75 Å². The van der Waals surface area contributed by atoms with Crippen LogP contribution in [-0.4, -0.2) is 42.1 Å². The maximum Gasteiger partial charge on any atom is 0.308 e. The molecule has 0 bridgehead atoms. The van der Waals surface area contributed by atoms with Crippen LogP contribution in [0.15, 0.2) is 24.3 Å². The average molecular weight is 293 g/mol. The third kappa shape index (κ3) is 5.10. The van der Waals surface area contributed by atoms with Crippen molar-refractivity contribution in [2.45, 2.75) is 26.7 Å². The third-order valence-corrected chi connectivity index (χ3v) is 3.29. The van der Waals surface area contributed by atoms with Crippen molar-refractivity contribution in [1.82, 2.24) is 4.90 Å². The summed E-state index contributed by atoms with van der Waals surface area (Å²) in [4.78, 5) is 24.1. The SMILES string of the molecule is CC(CN(C)C(=O)COc1ccccc1C(C)C)C(=O)O. The van der Waals surface area contributed by atoms with Gasteiger partial charge in [-0.15, -0.1) is 0 Å². The first-order chi connectivity index (χ1) is 9.82. The Kier molecular flexibility index (Phi) is 6.21. The Bertz CT molecular complexity index is 499. The first-order valence-electron chi connectivity index (χ1n) is 7.01. The zero-order chi connectivity index (χ0) is 16.0. The van der Waals surface area contributed by atoms with Crippen LogP contribution in [-0.2, 0) is 9.59 Å². The van der Waals surface area contributed by atoms with Crippen molar-refractivity contribution in [3.63, 3.8) is 0 Å². The molecule has 0 fully saturated rings. The molecule has 1 aromatic rings. The molecule has 0 saturated carbocycles. The lowest BCUT2D eigenvalue weighted by Gasteiger charge is -2.20. The summed E-state index contributed by atoms with van der Waals surface area (Å²) < 4.78 is 5.58. The molecule has 0 aliphatic rings. The summed E-state index contributed by atoms with van der Waals surface area (Å²) in [6, 6.07) is 7.61. The Morgan fingerprint density at radius 3 is 2.43 bits per heavy atom. The zero-order valence-electron chi connectivity index (χ0n) is 13.0. The second-order valence-corrected chi connectivity index (χ2v) is 5.49. The summed E-state index contributed by atoms with van der Waals surface area (Å²) in [5.41, 5.74) is 1.05. The predicted octanol–water partition coefficient (Wildman–Crippen LogP) is 2.37. The lowest BCUT2D eigenvalue weighted by molar-refractivity contribution is -0.143. The maximum absolute atomic E-state index is 12.0. The molecule has 1 amide bonds. The minimum atomic E-state index is -0.916. The van der Waals surface area contributed by atoms with E-state index < -0.39 is 11.9 Å². The number of hydrogen-bond acceptors (Lipinski definition) is 3. The molecule has 1 unspecified atom stereocenters. The molecule has 1 N–H and O–H groups in total. The van der Waals surface area contributed by atoms with Gasteiger partial charge in [-0.3, -0.25) is 9.59 Å². The monoisotopic (exact) mass is 293 g/mol. The van der Waals surface area contributed by atoms with E-state index in [-0.39, 0.29) is 19.1 Å². The van der Waals surface area contributed by atoms with E-state index in [4.69, 9.17) is 9.84 Å². The second kappa shape index (κ2) is 7.67. The minimum absolute atomic E-state index is 0.0907. The Hall–Kier alpha value is -2.04. The van der Waals surface area contributed by atoms with Gasteiger partial charge in [0.15, 0.2) is 6.61 Å². The van der Waals surface area contributed by atoms with Gasteiger partial charge in [0.2, 0.25) is 0 Å². The van der Waals surface area contributed by atoms with Gasteiger partial charge in [0.25, 0.3) is 5.91 Å². The fraction of sp³-hybridized carbons (Fsp3) is 0.500. The molecule has 1 aromatic carbocycles. The van der Waals surface area contributed by atoms with Crippen LogP contribution in [0, 0.1) is 5.92 Å². The minimum Gasteiger partial charge on any atom is -0.483 e. The Morgan fingerprint density at radius 1 is 1.24 bits per heavy atom. The van der Waals surface area contributed by atoms with Crippen molar-refractivity contribution in [3.8, 4) is 5.75 Å². The molecule has 1 atom stereocenters. The van der Waals surface area contributed by atoms with E-state index in [9.17, 15) is 9.59 Å². The molecule has 1 rings (SSSR count). The van der Waals surface area contributed by atoms with Crippen LogP contribution in [0.1, 0.15) is 32.3 Å². The first-order valence-corrected chi connectivity index (χ1v) is 7.01. The fourth-order valence-corrected chi connectivity index (χ4v) is 1.93. The summed E-state index contributed by atoms with van der Waals surface area (Å²) in [5.74, 6) is -0.745. The van der Waals surface area contributed by atoms with Crippen LogP contribution >= 0.6 is 0 Å². The van der Waals surface area contributed by atoms with Crippen LogP contribution < -0.4 is 4.74 Å². The van der Waals surface area contributed by atoms with Gasteiger partial charge < -0.3 is 14.7 Å². The van der Waals surface area contributed by atoms with Crippen molar-refractivity contribution in [2.75, 3.05) is 20.2 Å². The second-order valence-electron chi connectivity index (χ2n) is 5.49. The molecule has 0 aliphatic heterocycles. The average Bonchev–Trinajstić information content (AvgIpc) is 2.44. The molecule has 0 spiro atoms. The highest BCUT2D eigenvalue weighted by Crippen LogP contribution is 2.25. The van der Waals surface area contributed by atoms with Gasteiger partial charge in [-0.2, -0.15) is 0 Å². The summed E-state index contributed by atoms with van der Waals surface area (Å²) in [7, 11) is 1.58. The number of carboxylic acids is 1. The molecular formula is C16H23NO4. The number of likely N-dealkylation sites (N-methyl/N-ethyl adjacent to an activating group) is 1. The lowest BCUT2D eigenvalue weighted by atomic mass is 10.0. The summed E-state index contributed by atoms with van der Waals surface area (Å²) >= 11 is 0. The van der Waals surface area contributed by atoms with Crippen molar-refractivity contribution in [2.24, 2.45) is 5.92 Å². The Labute approximate surface area is 125 Å². The Morgan fingerprint density at radius 2 is 1.86 bits per heavy atom. The first kappa shape index (κ1) is 17.0. The number of para-hydroxylation sites is 1. The van der Waals surface area contributed by atoms with Crippen molar-refractivity contribution < 1.29 is 19.4 Å². The van der Waals surface area contributed by atoms with E-state index in [1.54, 1.807) is 14.0 Å². The third-order valence-electron chi connectivity index (χ3n) is 3.29. The lowest BCUT2D eigenvalue weighted by Crippen LogP contribution is -2.36. The number of amides is 1. The molecule has 0 heterocycles. The van der Waals surface area contributed by atoms with Gasteiger partial charge in [-0.1, -0.05) is 39.0 Å². The molecule has 5 heteroatoms. The van der Waals surface area contributed by atoms with Gasteiger partial charge in [-0.05, 0) is 17.5 Å². The van der Waals surface area contributed by atoms with Gasteiger partial charge in [0, 0.05) is 13.6 Å². The smallest absolute Gasteiger partial charge is 0.308 e. The van der Waals surface area contributed by atoms with Gasteiger partial charge in [0.05, 0.1) is 5.92 Å². The number of hydrogen-bond donors (Lipinski definition) is 1. The van der Waals surface area contributed by atoms with E-state index >= 15 is 0 Å². The molecule has 21 heavy (non-hydrogen) atoms. The summed E-state index contributed by atoms with van der Waals surface area (Å²) in [6.07, 6.45) is 0. The molecule has 0 saturated heterocycles. The predicted molar refractivity (Wildman–Crippen MR) is 80.5 cm³/mol. The van der Waals surface area contributed by atoms with Crippen LogP contribution in [0.25, 0.3) is 0 Å². The van der Waals surface area contributed by atoms with Gasteiger partial charge >= 0.3 is 5.97 Å². The number of carbonyl (C=O) groups is 2. The normalized spacial score (nSPS) is 12.0. The largest absolute Gasteiger partial charge is 0.483 e. The van der Waals surface area contributed by atoms with E-state index in [1.165, 1.54) is 4.90 Å². The number of carbonyl (C=O) groups excluding carboxylic acids is 1. The highest BCUT2D eigenvalue weighted by atomic mass is 16.5. The number of benzene rings is 1. The maximum atomic E-state index is 12.0.